The van der Waals surface area contributed by atoms with Crippen LogP contribution in [-0.4, -0.2) is 22.6 Å². The van der Waals surface area contributed by atoms with E-state index in [0.717, 1.165) is 22.6 Å². The number of oxime groups is 1. The molecule has 0 atom stereocenters. The minimum atomic E-state index is 0.175. The molecule has 3 aromatic rings. The van der Waals surface area contributed by atoms with Gasteiger partial charge in [-0.2, -0.15) is 0 Å². The van der Waals surface area contributed by atoms with E-state index in [1.165, 1.54) is 0 Å². The van der Waals surface area contributed by atoms with Crippen molar-refractivity contribution < 1.29 is 14.4 Å². The van der Waals surface area contributed by atoms with Gasteiger partial charge in [0.2, 0.25) is 5.89 Å². The first-order valence-electron chi connectivity index (χ1n) is 7.92. The molecule has 0 saturated carbocycles. The highest BCUT2D eigenvalue weighted by atomic mass is 16.5. The highest BCUT2D eigenvalue weighted by Gasteiger charge is 2.06. The zero-order chi connectivity index (χ0) is 17.5. The SMILES string of the molecule is N/C(Cc1ccc(OCCc2coc(-c3ccccc3)n2)cc1)=N\O. The van der Waals surface area contributed by atoms with Crippen LogP contribution in [0.1, 0.15) is 11.3 Å². The van der Waals surface area contributed by atoms with Crippen LogP contribution in [0.25, 0.3) is 11.5 Å². The minimum Gasteiger partial charge on any atom is -0.493 e. The molecule has 0 radical (unpaired) electrons. The molecule has 1 aromatic heterocycles. The van der Waals surface area contributed by atoms with Crippen LogP contribution < -0.4 is 10.5 Å². The molecular weight excluding hydrogens is 318 g/mol. The molecule has 6 nitrogen and oxygen atoms in total. The maximum absolute atomic E-state index is 8.57. The molecule has 3 rings (SSSR count). The van der Waals surface area contributed by atoms with E-state index in [1.807, 2.05) is 54.6 Å². The molecule has 0 bridgehead atoms. The first kappa shape index (κ1) is 16.6. The zero-order valence-electron chi connectivity index (χ0n) is 13.6. The molecule has 0 spiro atoms. The highest BCUT2D eigenvalue weighted by Crippen LogP contribution is 2.18. The number of hydrogen-bond donors (Lipinski definition) is 2. The average Bonchev–Trinajstić information content (AvgIpc) is 3.13. The Labute approximate surface area is 145 Å². The van der Waals surface area contributed by atoms with Gasteiger partial charge < -0.3 is 20.1 Å². The van der Waals surface area contributed by atoms with Crippen molar-refractivity contribution in [3.8, 4) is 17.2 Å². The molecule has 1 heterocycles. The number of hydrogen-bond acceptors (Lipinski definition) is 5. The molecular formula is C19H19N3O3. The molecule has 0 fully saturated rings. The number of nitrogens with zero attached hydrogens (tertiary/aromatic N) is 2. The standard InChI is InChI=1S/C19H19N3O3/c20-18(22-23)12-14-6-8-17(9-7-14)24-11-10-16-13-25-19(21-16)15-4-2-1-3-5-15/h1-9,13,23H,10-12H2,(H2,20,22). The van der Waals surface area contributed by atoms with Gasteiger partial charge in [0.1, 0.15) is 17.8 Å². The normalized spacial score (nSPS) is 11.4. The first-order valence-corrected chi connectivity index (χ1v) is 7.92. The van der Waals surface area contributed by atoms with Gasteiger partial charge in [-0.15, -0.1) is 0 Å². The second-order valence-electron chi connectivity index (χ2n) is 5.52. The van der Waals surface area contributed by atoms with E-state index in [4.69, 9.17) is 20.1 Å². The number of nitrogens with two attached hydrogens (primary N) is 1. The summed E-state index contributed by atoms with van der Waals surface area (Å²) in [6, 6.07) is 17.3. The number of rotatable bonds is 7. The summed E-state index contributed by atoms with van der Waals surface area (Å²) in [7, 11) is 0. The number of amidine groups is 1. The van der Waals surface area contributed by atoms with Crippen molar-refractivity contribution in [3.05, 3.63) is 72.1 Å². The second-order valence-corrected chi connectivity index (χ2v) is 5.52. The second kappa shape index (κ2) is 8.01. The van der Waals surface area contributed by atoms with Crippen LogP contribution in [0.4, 0.5) is 0 Å². The van der Waals surface area contributed by atoms with Gasteiger partial charge in [-0.3, -0.25) is 0 Å². The summed E-state index contributed by atoms with van der Waals surface area (Å²) in [4.78, 5) is 4.47. The fourth-order valence-electron chi connectivity index (χ4n) is 2.36. The average molecular weight is 337 g/mol. The van der Waals surface area contributed by atoms with E-state index in [9.17, 15) is 0 Å². The molecule has 6 heteroatoms. The van der Waals surface area contributed by atoms with Crippen LogP contribution in [0.5, 0.6) is 5.75 Å². The Hall–Kier alpha value is -3.28. The summed E-state index contributed by atoms with van der Waals surface area (Å²) in [5.74, 6) is 1.55. The fourth-order valence-corrected chi connectivity index (χ4v) is 2.36. The van der Waals surface area contributed by atoms with Crippen LogP contribution in [-0.2, 0) is 12.8 Å². The third-order valence-electron chi connectivity index (χ3n) is 3.64. The Morgan fingerprint density at radius 1 is 1.12 bits per heavy atom. The smallest absolute Gasteiger partial charge is 0.226 e. The lowest BCUT2D eigenvalue weighted by molar-refractivity contribution is 0.317. The van der Waals surface area contributed by atoms with Crippen molar-refractivity contribution in [2.45, 2.75) is 12.8 Å². The molecule has 2 aromatic carbocycles. The van der Waals surface area contributed by atoms with Gasteiger partial charge in [0.25, 0.3) is 0 Å². The molecule has 0 saturated heterocycles. The quantitative estimate of drug-likeness (QED) is 0.299. The zero-order valence-corrected chi connectivity index (χ0v) is 13.6. The van der Waals surface area contributed by atoms with Crippen LogP contribution in [0.15, 0.2) is 70.4 Å². The molecule has 0 aliphatic rings. The predicted octanol–water partition coefficient (Wildman–Crippen LogP) is 3.25. The van der Waals surface area contributed by atoms with Gasteiger partial charge in [-0.25, -0.2) is 4.98 Å². The Morgan fingerprint density at radius 2 is 1.88 bits per heavy atom. The molecule has 128 valence electrons. The van der Waals surface area contributed by atoms with Gasteiger partial charge in [-0.1, -0.05) is 35.5 Å². The Bertz CT molecular complexity index is 827. The highest BCUT2D eigenvalue weighted by molar-refractivity contribution is 5.82. The van der Waals surface area contributed by atoms with Gasteiger partial charge in [0.05, 0.1) is 12.3 Å². The van der Waals surface area contributed by atoms with Crippen LogP contribution in [0, 0.1) is 0 Å². The van der Waals surface area contributed by atoms with Gasteiger partial charge in [0, 0.05) is 18.4 Å². The molecule has 0 aliphatic carbocycles. The summed E-state index contributed by atoms with van der Waals surface area (Å²) in [5, 5.41) is 11.5. The Balaban J connectivity index is 1.51. The van der Waals surface area contributed by atoms with Crippen LogP contribution in [0.3, 0.4) is 0 Å². The van der Waals surface area contributed by atoms with Crippen LogP contribution in [0.2, 0.25) is 0 Å². The van der Waals surface area contributed by atoms with E-state index in [0.29, 0.717) is 25.3 Å². The Morgan fingerprint density at radius 3 is 2.60 bits per heavy atom. The largest absolute Gasteiger partial charge is 0.493 e. The molecule has 0 aliphatic heterocycles. The summed E-state index contributed by atoms with van der Waals surface area (Å²) in [6.07, 6.45) is 2.71. The molecule has 25 heavy (non-hydrogen) atoms. The van der Waals surface area contributed by atoms with Crippen molar-refractivity contribution in [3.63, 3.8) is 0 Å². The maximum Gasteiger partial charge on any atom is 0.226 e. The summed E-state index contributed by atoms with van der Waals surface area (Å²) < 4.78 is 11.2. The first-order chi connectivity index (χ1) is 12.2. The third-order valence-corrected chi connectivity index (χ3v) is 3.64. The van der Waals surface area contributed by atoms with Gasteiger partial charge >= 0.3 is 0 Å². The molecule has 3 N–H and O–H groups in total. The van der Waals surface area contributed by atoms with Crippen molar-refractivity contribution >= 4 is 5.84 Å². The minimum absolute atomic E-state index is 0.175. The van der Waals surface area contributed by atoms with E-state index in [2.05, 4.69) is 10.1 Å². The monoisotopic (exact) mass is 337 g/mol. The van der Waals surface area contributed by atoms with Crippen LogP contribution >= 0.6 is 0 Å². The number of oxazole rings is 1. The predicted molar refractivity (Wildman–Crippen MR) is 94.7 cm³/mol. The van der Waals surface area contributed by atoms with E-state index in [1.54, 1.807) is 6.26 Å². The lowest BCUT2D eigenvalue weighted by atomic mass is 10.1. The van der Waals surface area contributed by atoms with Gasteiger partial charge in [0.15, 0.2) is 0 Å². The van der Waals surface area contributed by atoms with Gasteiger partial charge in [-0.05, 0) is 29.8 Å². The van der Waals surface area contributed by atoms with E-state index >= 15 is 0 Å². The number of ether oxygens (including phenoxy) is 1. The van der Waals surface area contributed by atoms with E-state index < -0.39 is 0 Å². The van der Waals surface area contributed by atoms with E-state index in [-0.39, 0.29) is 5.84 Å². The molecule has 0 amide bonds. The number of aromatic nitrogens is 1. The molecule has 0 unspecified atom stereocenters. The third kappa shape index (κ3) is 4.60. The lowest BCUT2D eigenvalue weighted by Crippen LogP contribution is -2.14. The summed E-state index contributed by atoms with van der Waals surface area (Å²) >= 11 is 0. The summed E-state index contributed by atoms with van der Waals surface area (Å²) in [6.45, 7) is 0.500. The fraction of sp³-hybridized carbons (Fsp3) is 0.158. The summed E-state index contributed by atoms with van der Waals surface area (Å²) in [5.41, 5.74) is 8.24. The maximum atomic E-state index is 8.57. The van der Waals surface area contributed by atoms with Crippen molar-refractivity contribution in [1.82, 2.24) is 4.98 Å². The Kier molecular flexibility index (Phi) is 5.31. The van der Waals surface area contributed by atoms with Crippen molar-refractivity contribution in [2.24, 2.45) is 10.9 Å². The number of benzene rings is 2. The van der Waals surface area contributed by atoms with Crippen molar-refractivity contribution in [1.29, 1.82) is 0 Å². The lowest BCUT2D eigenvalue weighted by Gasteiger charge is -2.06. The van der Waals surface area contributed by atoms with Crippen molar-refractivity contribution in [2.75, 3.05) is 6.61 Å². The topological polar surface area (TPSA) is 93.9 Å².